The molecule has 0 bridgehead atoms. The maximum absolute atomic E-state index is 2.32. The van der Waals surface area contributed by atoms with E-state index in [-0.39, 0.29) is 17.0 Å². The van der Waals surface area contributed by atoms with Crippen molar-refractivity contribution in [2.24, 2.45) is 0 Å². The van der Waals surface area contributed by atoms with Gasteiger partial charge in [0.15, 0.2) is 0 Å². The SMILES string of the molecule is CCCn1cc[n+](Cc2ccc(-c3ccccc3)cc2)c1C.[Br-]. The lowest BCUT2D eigenvalue weighted by Crippen LogP contribution is -3.00. The van der Waals surface area contributed by atoms with Crippen LogP contribution >= 0.6 is 0 Å². The fraction of sp³-hybridized carbons (Fsp3) is 0.250. The van der Waals surface area contributed by atoms with Crippen molar-refractivity contribution in [2.75, 3.05) is 0 Å². The second kappa shape index (κ2) is 8.11. The van der Waals surface area contributed by atoms with Gasteiger partial charge < -0.3 is 17.0 Å². The molecule has 0 aliphatic heterocycles. The van der Waals surface area contributed by atoms with Crippen LogP contribution in [-0.2, 0) is 13.1 Å². The van der Waals surface area contributed by atoms with Crippen molar-refractivity contribution in [1.29, 1.82) is 0 Å². The monoisotopic (exact) mass is 370 g/mol. The Morgan fingerprint density at radius 2 is 1.57 bits per heavy atom. The molecule has 120 valence electrons. The summed E-state index contributed by atoms with van der Waals surface area (Å²) in [4.78, 5) is 0. The Labute approximate surface area is 149 Å². The fourth-order valence-corrected chi connectivity index (χ4v) is 2.82. The molecule has 0 radical (unpaired) electrons. The van der Waals surface area contributed by atoms with Crippen LogP contribution in [0.3, 0.4) is 0 Å². The van der Waals surface area contributed by atoms with Gasteiger partial charge in [-0.05, 0) is 23.1 Å². The molecule has 3 rings (SSSR count). The van der Waals surface area contributed by atoms with E-state index in [0.29, 0.717) is 0 Å². The van der Waals surface area contributed by atoms with Gasteiger partial charge >= 0.3 is 0 Å². The first kappa shape index (κ1) is 17.5. The number of nitrogens with zero attached hydrogens (tertiary/aromatic N) is 2. The van der Waals surface area contributed by atoms with Crippen molar-refractivity contribution in [3.8, 4) is 11.1 Å². The van der Waals surface area contributed by atoms with E-state index in [1.807, 2.05) is 0 Å². The maximum atomic E-state index is 2.32. The summed E-state index contributed by atoms with van der Waals surface area (Å²) in [5.41, 5.74) is 3.88. The third-order valence-corrected chi connectivity index (χ3v) is 4.14. The van der Waals surface area contributed by atoms with Crippen molar-refractivity contribution in [1.82, 2.24) is 4.57 Å². The van der Waals surface area contributed by atoms with Crippen LogP contribution in [0.5, 0.6) is 0 Å². The molecule has 0 atom stereocenters. The maximum Gasteiger partial charge on any atom is 0.253 e. The summed E-state index contributed by atoms with van der Waals surface area (Å²) in [6, 6.07) is 19.4. The van der Waals surface area contributed by atoms with Gasteiger partial charge in [-0.2, -0.15) is 0 Å². The number of benzene rings is 2. The van der Waals surface area contributed by atoms with E-state index in [2.05, 4.69) is 90.0 Å². The van der Waals surface area contributed by atoms with Gasteiger partial charge in [0.2, 0.25) is 0 Å². The Morgan fingerprint density at radius 3 is 2.22 bits per heavy atom. The Morgan fingerprint density at radius 1 is 0.913 bits per heavy atom. The molecule has 23 heavy (non-hydrogen) atoms. The minimum atomic E-state index is 0. The summed E-state index contributed by atoms with van der Waals surface area (Å²) in [6.07, 6.45) is 5.52. The molecule has 0 unspecified atom stereocenters. The van der Waals surface area contributed by atoms with E-state index in [4.69, 9.17) is 0 Å². The van der Waals surface area contributed by atoms with Crippen molar-refractivity contribution < 1.29 is 21.5 Å². The predicted molar refractivity (Wildman–Crippen MR) is 90.6 cm³/mol. The molecule has 2 nitrogen and oxygen atoms in total. The molecule has 0 saturated heterocycles. The molecule has 0 amide bonds. The van der Waals surface area contributed by atoms with E-state index in [1.165, 1.54) is 28.9 Å². The van der Waals surface area contributed by atoms with Crippen LogP contribution in [0.4, 0.5) is 0 Å². The average molecular weight is 371 g/mol. The minimum Gasteiger partial charge on any atom is -1.00 e. The highest BCUT2D eigenvalue weighted by Crippen LogP contribution is 2.19. The van der Waals surface area contributed by atoms with Crippen LogP contribution in [0.1, 0.15) is 24.7 Å². The lowest BCUT2D eigenvalue weighted by molar-refractivity contribution is -0.694. The van der Waals surface area contributed by atoms with Gasteiger partial charge in [0.1, 0.15) is 18.9 Å². The predicted octanol–water partition coefficient (Wildman–Crippen LogP) is 1.21. The molecular weight excluding hydrogens is 348 g/mol. The van der Waals surface area contributed by atoms with Gasteiger partial charge in [0, 0.05) is 6.92 Å². The van der Waals surface area contributed by atoms with Crippen LogP contribution in [0.25, 0.3) is 11.1 Å². The van der Waals surface area contributed by atoms with E-state index >= 15 is 0 Å². The van der Waals surface area contributed by atoms with Crippen LogP contribution in [0.2, 0.25) is 0 Å². The zero-order chi connectivity index (χ0) is 15.4. The number of hydrogen-bond donors (Lipinski definition) is 0. The molecule has 0 fully saturated rings. The van der Waals surface area contributed by atoms with E-state index < -0.39 is 0 Å². The summed E-state index contributed by atoms with van der Waals surface area (Å²) >= 11 is 0. The van der Waals surface area contributed by atoms with Crippen LogP contribution in [0.15, 0.2) is 67.0 Å². The quantitative estimate of drug-likeness (QED) is 0.597. The molecule has 0 saturated carbocycles. The zero-order valence-electron chi connectivity index (χ0n) is 13.7. The Hall–Kier alpha value is -1.87. The minimum absolute atomic E-state index is 0. The molecule has 0 aliphatic rings. The number of aryl methyl sites for hydroxylation is 1. The Kier molecular flexibility index (Phi) is 6.17. The topological polar surface area (TPSA) is 8.81 Å². The van der Waals surface area contributed by atoms with Crippen molar-refractivity contribution in [3.63, 3.8) is 0 Å². The third-order valence-electron chi connectivity index (χ3n) is 4.14. The van der Waals surface area contributed by atoms with E-state index in [0.717, 1.165) is 13.1 Å². The molecule has 0 N–H and O–H groups in total. The average Bonchev–Trinajstić information content (AvgIpc) is 2.90. The number of rotatable bonds is 5. The van der Waals surface area contributed by atoms with Crippen LogP contribution in [-0.4, -0.2) is 4.57 Å². The molecule has 1 heterocycles. The summed E-state index contributed by atoms with van der Waals surface area (Å²) < 4.78 is 4.63. The molecule has 0 spiro atoms. The van der Waals surface area contributed by atoms with Gasteiger partial charge in [-0.1, -0.05) is 61.5 Å². The first-order valence-corrected chi connectivity index (χ1v) is 7.97. The number of halogens is 1. The second-order valence-electron chi connectivity index (χ2n) is 5.73. The Balaban J connectivity index is 0.00000192. The summed E-state index contributed by atoms with van der Waals surface area (Å²) in [7, 11) is 0. The Bertz CT molecular complexity index is 730. The highest BCUT2D eigenvalue weighted by Gasteiger charge is 2.11. The lowest BCUT2D eigenvalue weighted by atomic mass is 10.0. The molecule has 0 aliphatic carbocycles. The van der Waals surface area contributed by atoms with Gasteiger partial charge in [-0.25, -0.2) is 9.13 Å². The normalized spacial score (nSPS) is 10.3. The van der Waals surface area contributed by atoms with Crippen LogP contribution in [0, 0.1) is 6.92 Å². The number of hydrogen-bond acceptors (Lipinski definition) is 0. The van der Waals surface area contributed by atoms with Crippen molar-refractivity contribution >= 4 is 0 Å². The summed E-state index contributed by atoms with van der Waals surface area (Å²) in [5.74, 6) is 1.31. The van der Waals surface area contributed by atoms with Crippen molar-refractivity contribution in [3.05, 3.63) is 78.4 Å². The van der Waals surface area contributed by atoms with E-state index in [1.54, 1.807) is 0 Å². The third kappa shape index (κ3) is 4.11. The highest BCUT2D eigenvalue weighted by molar-refractivity contribution is 5.63. The molecule has 1 aromatic heterocycles. The zero-order valence-corrected chi connectivity index (χ0v) is 15.3. The van der Waals surface area contributed by atoms with Crippen LogP contribution < -0.4 is 21.5 Å². The number of aromatic nitrogens is 2. The smallest absolute Gasteiger partial charge is 0.253 e. The molecular formula is C20H23BrN2. The molecule has 3 heteroatoms. The molecule has 3 aromatic rings. The fourth-order valence-electron chi connectivity index (χ4n) is 2.82. The number of imidazole rings is 1. The first-order chi connectivity index (χ1) is 10.8. The van der Waals surface area contributed by atoms with Gasteiger partial charge in [0.05, 0.1) is 6.54 Å². The highest BCUT2D eigenvalue weighted by atomic mass is 79.9. The van der Waals surface area contributed by atoms with E-state index in [9.17, 15) is 0 Å². The summed E-state index contributed by atoms with van der Waals surface area (Å²) in [5, 5.41) is 0. The largest absolute Gasteiger partial charge is 1.00 e. The standard InChI is InChI=1S/C20H23N2.BrH/c1-3-13-21-14-15-22(17(21)2)16-18-9-11-20(12-10-18)19-7-5-4-6-8-19;/h4-12,14-15H,3,13,16H2,1-2H3;1H/q+1;/p-1. The van der Waals surface area contributed by atoms with Gasteiger partial charge in [-0.15, -0.1) is 0 Å². The molecule has 2 aromatic carbocycles. The van der Waals surface area contributed by atoms with Crippen molar-refractivity contribution in [2.45, 2.75) is 33.4 Å². The summed E-state index contributed by atoms with van der Waals surface area (Å²) in [6.45, 7) is 6.42. The first-order valence-electron chi connectivity index (χ1n) is 7.97. The second-order valence-corrected chi connectivity index (χ2v) is 5.73. The van der Waals surface area contributed by atoms with Gasteiger partial charge in [-0.3, -0.25) is 0 Å². The van der Waals surface area contributed by atoms with Gasteiger partial charge in [0.25, 0.3) is 5.82 Å². The lowest BCUT2D eigenvalue weighted by Gasteiger charge is -2.04.